The molecule has 1 aromatic carbocycles. The fourth-order valence-electron chi connectivity index (χ4n) is 0.757. The fourth-order valence-corrected chi connectivity index (χ4v) is 0.898. The van der Waals surface area contributed by atoms with E-state index in [-0.39, 0.29) is 46.9 Å². The van der Waals surface area contributed by atoms with Crippen LogP contribution in [0.4, 0.5) is 0 Å². The molecule has 0 spiro atoms. The number of halogens is 1. The third-order valence-electron chi connectivity index (χ3n) is 1.24. The van der Waals surface area contributed by atoms with E-state index in [9.17, 15) is 0 Å². The molecule has 0 saturated heterocycles. The molecule has 0 atom stereocenters. The largest absolute Gasteiger partial charge is 0.345 e. The van der Waals surface area contributed by atoms with Crippen LogP contribution in [-0.4, -0.2) is 9.97 Å². The van der Waals surface area contributed by atoms with Crippen LogP contribution in [-0.2, 0) is 0 Å². The maximum Gasteiger partial charge on any atom is 0.137 e. The highest BCUT2D eigenvalue weighted by Gasteiger charge is 1.98. The Morgan fingerprint density at radius 2 is 2.42 bits per heavy atom. The van der Waals surface area contributed by atoms with Gasteiger partial charge in [-0.25, -0.2) is 4.98 Å². The quantitative estimate of drug-likeness (QED) is 0.726. The molecule has 0 aliphatic rings. The Hall–Kier alpha value is -1.28. The predicted octanol–water partition coefficient (Wildman–Crippen LogP) is 2.73. The molecule has 1 aromatic heterocycles. The lowest BCUT2D eigenvalue weighted by molar-refractivity contribution is 1.31. The Balaban J connectivity index is 2.79. The lowest BCUT2D eigenvalue weighted by atomic mass is 10.2. The summed E-state index contributed by atoms with van der Waals surface area (Å²) in [5.41, 5.74) is -0.0759. The van der Waals surface area contributed by atoms with Crippen LogP contribution in [0.15, 0.2) is 36.5 Å². The van der Waals surface area contributed by atoms with Crippen molar-refractivity contribution in [3.63, 3.8) is 0 Å². The topological polar surface area (TPSA) is 28.7 Å². The highest BCUT2D eigenvalue weighted by Crippen LogP contribution is 2.18. The Bertz CT molecular complexity index is 590. The SMILES string of the molecule is [2H]c1nc(-c2c([2H])c([2H])c([2H])c(Cl)c2[2H])[nH]c1[2H]. The molecular formula is C9H7ClN2. The van der Waals surface area contributed by atoms with Gasteiger partial charge < -0.3 is 4.98 Å². The molecule has 0 aliphatic heterocycles. The number of imidazole rings is 1. The van der Waals surface area contributed by atoms with E-state index in [1.54, 1.807) is 0 Å². The first-order valence-corrected chi connectivity index (χ1v) is 3.51. The normalized spacial score (nSPS) is 17.1. The lowest BCUT2D eigenvalue weighted by Gasteiger charge is -1.95. The number of H-pyrrole nitrogens is 1. The van der Waals surface area contributed by atoms with Crippen LogP contribution in [0.5, 0.6) is 0 Å². The number of rotatable bonds is 1. The van der Waals surface area contributed by atoms with Crippen molar-refractivity contribution in [1.29, 1.82) is 0 Å². The van der Waals surface area contributed by atoms with Gasteiger partial charge in [0.05, 0.1) is 8.22 Å². The van der Waals surface area contributed by atoms with Gasteiger partial charge in [0.1, 0.15) is 5.82 Å². The molecule has 12 heavy (non-hydrogen) atoms. The zero-order valence-electron chi connectivity index (χ0n) is 11.8. The zero-order chi connectivity index (χ0) is 13.6. The molecule has 2 nitrogen and oxygen atoms in total. The van der Waals surface area contributed by atoms with E-state index in [0.29, 0.717) is 0 Å². The second-order valence-corrected chi connectivity index (χ2v) is 2.39. The van der Waals surface area contributed by atoms with Crippen molar-refractivity contribution in [3.8, 4) is 11.4 Å². The molecule has 0 unspecified atom stereocenters. The number of aromatic amines is 1. The van der Waals surface area contributed by atoms with E-state index in [2.05, 4.69) is 9.97 Å². The summed E-state index contributed by atoms with van der Waals surface area (Å²) in [7, 11) is 0. The van der Waals surface area contributed by atoms with Crippen LogP contribution in [0, 0.1) is 0 Å². The molecule has 0 aliphatic carbocycles. The zero-order valence-corrected chi connectivity index (χ0v) is 6.58. The van der Waals surface area contributed by atoms with Gasteiger partial charge in [-0.3, -0.25) is 0 Å². The van der Waals surface area contributed by atoms with Gasteiger partial charge in [-0.05, 0) is 12.1 Å². The summed E-state index contributed by atoms with van der Waals surface area (Å²) in [6.07, 6.45) is -0.567. The van der Waals surface area contributed by atoms with Gasteiger partial charge in [0.25, 0.3) is 0 Å². The van der Waals surface area contributed by atoms with Gasteiger partial charge in [0.2, 0.25) is 0 Å². The molecule has 1 N–H and O–H groups in total. The van der Waals surface area contributed by atoms with Gasteiger partial charge in [-0.15, -0.1) is 0 Å². The van der Waals surface area contributed by atoms with Crippen LogP contribution in [0.25, 0.3) is 11.4 Å². The maximum atomic E-state index is 7.75. The minimum atomic E-state index is -0.416. The Labute approximate surface area is 83.7 Å². The minimum absolute atomic E-state index is 0.0320. The van der Waals surface area contributed by atoms with E-state index in [0.717, 1.165) is 0 Å². The van der Waals surface area contributed by atoms with Crippen molar-refractivity contribution in [2.45, 2.75) is 0 Å². The molecule has 60 valence electrons. The van der Waals surface area contributed by atoms with Gasteiger partial charge in [-0.1, -0.05) is 23.7 Å². The molecule has 0 fully saturated rings. The van der Waals surface area contributed by atoms with E-state index in [4.69, 9.17) is 19.8 Å². The number of benzene rings is 1. The van der Waals surface area contributed by atoms with Crippen molar-refractivity contribution in [3.05, 3.63) is 41.5 Å². The molecule has 3 heteroatoms. The van der Waals surface area contributed by atoms with E-state index >= 15 is 0 Å². The average Bonchev–Trinajstić information content (AvgIpc) is 2.64. The Morgan fingerprint density at radius 3 is 3.17 bits per heavy atom. The maximum absolute atomic E-state index is 7.75. The van der Waals surface area contributed by atoms with Crippen molar-refractivity contribution in [2.24, 2.45) is 0 Å². The van der Waals surface area contributed by atoms with Crippen LogP contribution in [0.2, 0.25) is 5.02 Å². The number of aromatic nitrogens is 2. The molecule has 0 amide bonds. The summed E-state index contributed by atoms with van der Waals surface area (Å²) in [5, 5.41) is -0.250. The lowest BCUT2D eigenvalue weighted by Crippen LogP contribution is -1.78. The van der Waals surface area contributed by atoms with Crippen LogP contribution in [0.3, 0.4) is 0 Å². The third-order valence-corrected chi connectivity index (χ3v) is 1.42. The van der Waals surface area contributed by atoms with Crippen molar-refractivity contribution in [1.82, 2.24) is 9.97 Å². The first-order chi connectivity index (χ1) is 8.34. The molecule has 0 radical (unpaired) electrons. The summed E-state index contributed by atoms with van der Waals surface area (Å²) >= 11 is 5.74. The fraction of sp³-hybridized carbons (Fsp3) is 0. The van der Waals surface area contributed by atoms with E-state index < -0.39 is 6.04 Å². The summed E-state index contributed by atoms with van der Waals surface area (Å²) in [5.74, 6) is -0.0320. The number of nitrogens with one attached hydrogen (secondary N) is 1. The Morgan fingerprint density at radius 1 is 1.50 bits per heavy atom. The highest BCUT2D eigenvalue weighted by molar-refractivity contribution is 6.30. The first kappa shape index (κ1) is 3.23. The van der Waals surface area contributed by atoms with Crippen molar-refractivity contribution >= 4 is 11.6 Å². The van der Waals surface area contributed by atoms with Gasteiger partial charge in [0.15, 0.2) is 0 Å². The molecular weight excluding hydrogens is 172 g/mol. The number of nitrogens with zero attached hydrogens (tertiary/aromatic N) is 1. The average molecular weight is 185 g/mol. The van der Waals surface area contributed by atoms with Gasteiger partial charge in [0, 0.05) is 22.9 Å². The highest BCUT2D eigenvalue weighted by atomic mass is 35.5. The predicted molar refractivity (Wildman–Crippen MR) is 49.0 cm³/mol. The smallest absolute Gasteiger partial charge is 0.137 e. The number of hydrogen-bond donors (Lipinski definition) is 1. The third kappa shape index (κ3) is 1.34. The van der Waals surface area contributed by atoms with Crippen molar-refractivity contribution < 1.29 is 8.22 Å². The first-order valence-electron chi connectivity index (χ1n) is 6.14. The summed E-state index contributed by atoms with van der Waals surface area (Å²) in [6.45, 7) is 0. The van der Waals surface area contributed by atoms with Crippen LogP contribution >= 0.6 is 11.6 Å². The number of hydrogen-bond acceptors (Lipinski definition) is 1. The minimum Gasteiger partial charge on any atom is -0.345 e. The molecule has 0 bridgehead atoms. The summed E-state index contributed by atoms with van der Waals surface area (Å²) in [6, 6.07) is -1.49. The molecule has 2 rings (SSSR count). The van der Waals surface area contributed by atoms with Crippen LogP contribution < -0.4 is 0 Å². The summed E-state index contributed by atoms with van der Waals surface area (Å²) in [4.78, 5) is 6.14. The Kier molecular flexibility index (Phi) is 0.804. The molecule has 0 saturated carbocycles. The van der Waals surface area contributed by atoms with Gasteiger partial charge in [-0.2, -0.15) is 0 Å². The van der Waals surface area contributed by atoms with E-state index in [1.807, 2.05) is 0 Å². The van der Waals surface area contributed by atoms with E-state index in [1.165, 1.54) is 0 Å². The monoisotopic (exact) mass is 184 g/mol. The second kappa shape index (κ2) is 2.99. The molecule has 1 heterocycles. The second-order valence-electron chi connectivity index (χ2n) is 2.01. The summed E-state index contributed by atoms with van der Waals surface area (Å²) < 4.78 is 45.1. The standard InChI is InChI=1S/C9H7ClN2/c10-8-3-1-2-7(6-8)9-11-4-5-12-9/h1-6H,(H,11,12)/i1D,2D,3D,4D,5D,6D. The molecule has 2 aromatic rings. The van der Waals surface area contributed by atoms with Gasteiger partial charge >= 0.3 is 0 Å². The van der Waals surface area contributed by atoms with Crippen LogP contribution in [0.1, 0.15) is 8.22 Å². The van der Waals surface area contributed by atoms with Crippen molar-refractivity contribution in [2.75, 3.05) is 0 Å².